The van der Waals surface area contributed by atoms with E-state index in [0.29, 0.717) is 12.1 Å². The van der Waals surface area contributed by atoms with Gasteiger partial charge in [-0.1, -0.05) is 6.42 Å². The number of hydrogen-bond donors (Lipinski definition) is 3. The van der Waals surface area contributed by atoms with Crippen LogP contribution in [0.25, 0.3) is 0 Å². The average molecular weight is 198 g/mol. The molecule has 1 aliphatic heterocycles. The van der Waals surface area contributed by atoms with Crippen molar-refractivity contribution in [1.29, 1.82) is 0 Å². The van der Waals surface area contributed by atoms with E-state index in [9.17, 15) is 5.11 Å². The first kappa shape index (κ1) is 10.4. The summed E-state index contributed by atoms with van der Waals surface area (Å²) in [7, 11) is 0. The van der Waals surface area contributed by atoms with Crippen LogP contribution < -0.4 is 10.6 Å². The number of aliphatic hydroxyl groups is 1. The summed E-state index contributed by atoms with van der Waals surface area (Å²) in [5, 5.41) is 16.6. The largest absolute Gasteiger partial charge is 0.392 e. The fourth-order valence-corrected chi connectivity index (χ4v) is 2.57. The van der Waals surface area contributed by atoms with E-state index in [0.717, 1.165) is 19.4 Å². The minimum absolute atomic E-state index is 0.0985. The molecule has 1 saturated heterocycles. The topological polar surface area (TPSA) is 44.3 Å². The van der Waals surface area contributed by atoms with Crippen molar-refractivity contribution < 1.29 is 5.11 Å². The molecule has 1 heterocycles. The summed E-state index contributed by atoms with van der Waals surface area (Å²) in [5.41, 5.74) is 0. The van der Waals surface area contributed by atoms with E-state index in [1.807, 2.05) is 0 Å². The van der Waals surface area contributed by atoms with Gasteiger partial charge in [-0.05, 0) is 38.6 Å². The molecule has 1 saturated carbocycles. The molecule has 82 valence electrons. The zero-order valence-corrected chi connectivity index (χ0v) is 8.84. The number of piperidine rings is 1. The summed E-state index contributed by atoms with van der Waals surface area (Å²) in [6.07, 6.45) is 7.17. The van der Waals surface area contributed by atoms with E-state index in [2.05, 4.69) is 10.6 Å². The quantitative estimate of drug-likeness (QED) is 0.623. The molecule has 3 nitrogen and oxygen atoms in total. The van der Waals surface area contributed by atoms with Crippen molar-refractivity contribution in [2.75, 3.05) is 13.1 Å². The molecule has 0 radical (unpaired) electrons. The summed E-state index contributed by atoms with van der Waals surface area (Å²) in [6.45, 7) is 2.20. The van der Waals surface area contributed by atoms with Crippen molar-refractivity contribution >= 4 is 0 Å². The number of nitrogens with one attached hydrogen (secondary N) is 2. The molecule has 0 aromatic rings. The lowest BCUT2D eigenvalue weighted by Crippen LogP contribution is -2.46. The van der Waals surface area contributed by atoms with Gasteiger partial charge in [-0.15, -0.1) is 0 Å². The smallest absolute Gasteiger partial charge is 0.0693 e. The van der Waals surface area contributed by atoms with Crippen LogP contribution in [0.3, 0.4) is 0 Å². The third-order valence-electron chi connectivity index (χ3n) is 3.52. The molecular weight excluding hydrogens is 176 g/mol. The molecule has 0 spiro atoms. The van der Waals surface area contributed by atoms with Crippen molar-refractivity contribution in [3.63, 3.8) is 0 Å². The maximum atomic E-state index is 9.64. The van der Waals surface area contributed by atoms with Crippen LogP contribution in [-0.4, -0.2) is 36.4 Å². The zero-order chi connectivity index (χ0) is 9.80. The summed E-state index contributed by atoms with van der Waals surface area (Å²) < 4.78 is 0. The van der Waals surface area contributed by atoms with Crippen molar-refractivity contribution in [2.45, 2.75) is 56.7 Å². The van der Waals surface area contributed by atoms with Crippen molar-refractivity contribution in [1.82, 2.24) is 10.6 Å². The van der Waals surface area contributed by atoms with Gasteiger partial charge in [-0.25, -0.2) is 0 Å². The van der Waals surface area contributed by atoms with Crippen molar-refractivity contribution in [3.8, 4) is 0 Å². The van der Waals surface area contributed by atoms with Crippen LogP contribution in [0.4, 0.5) is 0 Å². The van der Waals surface area contributed by atoms with Crippen molar-refractivity contribution in [2.24, 2.45) is 0 Å². The fourth-order valence-electron chi connectivity index (χ4n) is 2.57. The van der Waals surface area contributed by atoms with Crippen molar-refractivity contribution in [3.05, 3.63) is 0 Å². The van der Waals surface area contributed by atoms with Crippen LogP contribution in [0.1, 0.15) is 38.5 Å². The van der Waals surface area contributed by atoms with Crippen LogP contribution in [0.2, 0.25) is 0 Å². The highest BCUT2D eigenvalue weighted by Crippen LogP contribution is 2.18. The number of hydrogen-bond acceptors (Lipinski definition) is 3. The SMILES string of the molecule is OC1CCCC1NCC1CCCCN1. The van der Waals surface area contributed by atoms with Crippen LogP contribution in [-0.2, 0) is 0 Å². The average Bonchev–Trinajstić information content (AvgIpc) is 2.63. The molecule has 3 heteroatoms. The Morgan fingerprint density at radius 2 is 2.07 bits per heavy atom. The monoisotopic (exact) mass is 198 g/mol. The lowest BCUT2D eigenvalue weighted by Gasteiger charge is -2.26. The van der Waals surface area contributed by atoms with Gasteiger partial charge in [0.25, 0.3) is 0 Å². The van der Waals surface area contributed by atoms with Gasteiger partial charge in [0.05, 0.1) is 6.10 Å². The molecule has 3 unspecified atom stereocenters. The summed E-state index contributed by atoms with van der Waals surface area (Å²) >= 11 is 0. The van der Waals surface area contributed by atoms with Gasteiger partial charge in [-0.3, -0.25) is 0 Å². The molecule has 2 fully saturated rings. The van der Waals surface area contributed by atoms with E-state index in [-0.39, 0.29) is 6.10 Å². The van der Waals surface area contributed by atoms with Gasteiger partial charge >= 0.3 is 0 Å². The Morgan fingerprint density at radius 1 is 1.14 bits per heavy atom. The molecule has 3 atom stereocenters. The third kappa shape index (κ3) is 2.69. The molecule has 0 bridgehead atoms. The van der Waals surface area contributed by atoms with Gasteiger partial charge < -0.3 is 15.7 Å². The molecule has 0 amide bonds. The third-order valence-corrected chi connectivity index (χ3v) is 3.52. The first-order chi connectivity index (χ1) is 6.86. The molecule has 2 aliphatic rings. The van der Waals surface area contributed by atoms with Gasteiger partial charge in [0.1, 0.15) is 0 Å². The van der Waals surface area contributed by atoms with Gasteiger partial charge in [0.2, 0.25) is 0 Å². The highest BCUT2D eigenvalue weighted by molar-refractivity contribution is 4.85. The van der Waals surface area contributed by atoms with E-state index < -0.39 is 0 Å². The Kier molecular flexibility index (Phi) is 3.79. The minimum Gasteiger partial charge on any atom is -0.392 e. The van der Waals surface area contributed by atoms with Crippen LogP contribution in [0.5, 0.6) is 0 Å². The molecular formula is C11H22N2O. The Bertz CT molecular complexity index is 169. The van der Waals surface area contributed by atoms with Crippen LogP contribution >= 0.6 is 0 Å². The first-order valence-electron chi connectivity index (χ1n) is 6.01. The van der Waals surface area contributed by atoms with E-state index in [1.54, 1.807) is 0 Å². The second-order valence-electron chi connectivity index (χ2n) is 4.66. The standard InChI is InChI=1S/C11H22N2O/c14-11-6-3-5-10(11)13-8-9-4-1-2-7-12-9/h9-14H,1-8H2. The Balaban J connectivity index is 1.65. The highest BCUT2D eigenvalue weighted by Gasteiger charge is 2.25. The van der Waals surface area contributed by atoms with E-state index in [1.165, 1.54) is 32.2 Å². The maximum absolute atomic E-state index is 9.64. The number of aliphatic hydroxyl groups excluding tert-OH is 1. The van der Waals surface area contributed by atoms with Gasteiger partial charge in [-0.2, -0.15) is 0 Å². The summed E-state index contributed by atoms with van der Waals surface area (Å²) in [5.74, 6) is 0. The van der Waals surface area contributed by atoms with Crippen LogP contribution in [0.15, 0.2) is 0 Å². The molecule has 1 aliphatic carbocycles. The Labute approximate surface area is 86.3 Å². The van der Waals surface area contributed by atoms with Gasteiger partial charge in [0, 0.05) is 18.6 Å². The Morgan fingerprint density at radius 3 is 2.71 bits per heavy atom. The van der Waals surface area contributed by atoms with Crippen LogP contribution in [0, 0.1) is 0 Å². The maximum Gasteiger partial charge on any atom is 0.0693 e. The second-order valence-corrected chi connectivity index (χ2v) is 4.66. The predicted octanol–water partition coefficient (Wildman–Crippen LogP) is 0.632. The molecule has 3 N–H and O–H groups in total. The molecule has 0 aromatic heterocycles. The van der Waals surface area contributed by atoms with Gasteiger partial charge in [0.15, 0.2) is 0 Å². The zero-order valence-electron chi connectivity index (χ0n) is 8.84. The van der Waals surface area contributed by atoms with E-state index >= 15 is 0 Å². The minimum atomic E-state index is -0.0985. The summed E-state index contributed by atoms with van der Waals surface area (Å²) in [6, 6.07) is 0.996. The lowest BCUT2D eigenvalue weighted by molar-refractivity contribution is 0.147. The Hall–Kier alpha value is -0.120. The fraction of sp³-hybridized carbons (Fsp3) is 1.00. The highest BCUT2D eigenvalue weighted by atomic mass is 16.3. The number of rotatable bonds is 3. The second kappa shape index (κ2) is 5.10. The molecule has 14 heavy (non-hydrogen) atoms. The molecule has 0 aromatic carbocycles. The first-order valence-corrected chi connectivity index (χ1v) is 6.01. The normalized spacial score (nSPS) is 38.8. The summed E-state index contributed by atoms with van der Waals surface area (Å²) in [4.78, 5) is 0. The van der Waals surface area contributed by atoms with E-state index in [4.69, 9.17) is 0 Å². The molecule has 2 rings (SSSR count). The lowest BCUT2D eigenvalue weighted by atomic mass is 10.0. The predicted molar refractivity (Wildman–Crippen MR) is 57.3 cm³/mol.